The predicted octanol–water partition coefficient (Wildman–Crippen LogP) is 2.66. The molecule has 1 heterocycles. The third kappa shape index (κ3) is 3.25. The number of nitrogens with one attached hydrogen (secondary N) is 2. The number of rotatable bonds is 3. The minimum atomic E-state index is -0.517. The Morgan fingerprint density at radius 3 is 2.68 bits per heavy atom. The molecule has 0 saturated heterocycles. The molecule has 112 valence electrons. The van der Waals surface area contributed by atoms with Gasteiger partial charge in [-0.3, -0.25) is 9.59 Å². The van der Waals surface area contributed by atoms with E-state index in [0.717, 1.165) is 0 Å². The number of amides is 2. The van der Waals surface area contributed by atoms with Crippen molar-refractivity contribution < 1.29 is 14.3 Å². The van der Waals surface area contributed by atoms with Crippen LogP contribution in [0.3, 0.4) is 0 Å². The number of para-hydroxylation sites is 3. The summed E-state index contributed by atoms with van der Waals surface area (Å²) in [6.45, 7) is 0.186. The van der Waals surface area contributed by atoms with Crippen LogP contribution in [0.25, 0.3) is 0 Å². The summed E-state index contributed by atoms with van der Waals surface area (Å²) in [4.78, 5) is 24.3. The van der Waals surface area contributed by atoms with Crippen molar-refractivity contribution in [3.8, 4) is 5.75 Å². The Hall–Kier alpha value is -2.82. The van der Waals surface area contributed by atoms with E-state index in [0.29, 0.717) is 17.1 Å². The maximum absolute atomic E-state index is 12.2. The molecule has 0 bridgehead atoms. The highest BCUT2D eigenvalue weighted by molar-refractivity contribution is 5.99. The van der Waals surface area contributed by atoms with Crippen molar-refractivity contribution >= 4 is 23.2 Å². The molecular formula is C17H16N2O3. The zero-order valence-electron chi connectivity index (χ0n) is 11.9. The fourth-order valence-electron chi connectivity index (χ4n) is 2.31. The van der Waals surface area contributed by atoms with E-state index in [-0.39, 0.29) is 24.8 Å². The van der Waals surface area contributed by atoms with Crippen molar-refractivity contribution in [2.45, 2.75) is 6.42 Å². The molecule has 1 aliphatic heterocycles. The molecule has 1 unspecified atom stereocenters. The van der Waals surface area contributed by atoms with E-state index in [1.807, 2.05) is 30.3 Å². The standard InChI is InChI=1S/C17H16N2O3/c20-16(18-13-6-2-1-3-7-13)10-12-11-22-15-9-5-4-8-14(15)19-17(12)21/h1-9,12H,10-11H2,(H,18,20)(H,19,21). The second-order valence-electron chi connectivity index (χ2n) is 5.11. The molecule has 3 rings (SSSR count). The summed E-state index contributed by atoms with van der Waals surface area (Å²) in [5, 5.41) is 5.57. The maximum atomic E-state index is 12.2. The number of fused-ring (bicyclic) bond motifs is 1. The van der Waals surface area contributed by atoms with Crippen LogP contribution in [0.4, 0.5) is 11.4 Å². The van der Waals surface area contributed by atoms with Gasteiger partial charge in [0.25, 0.3) is 0 Å². The number of carbonyl (C=O) groups is 2. The third-order valence-corrected chi connectivity index (χ3v) is 3.45. The maximum Gasteiger partial charge on any atom is 0.231 e. The smallest absolute Gasteiger partial charge is 0.231 e. The average molecular weight is 296 g/mol. The molecule has 1 atom stereocenters. The summed E-state index contributed by atoms with van der Waals surface area (Å²) < 4.78 is 5.62. The lowest BCUT2D eigenvalue weighted by atomic mass is 10.1. The van der Waals surface area contributed by atoms with Gasteiger partial charge >= 0.3 is 0 Å². The van der Waals surface area contributed by atoms with E-state index in [1.165, 1.54) is 0 Å². The van der Waals surface area contributed by atoms with E-state index in [1.54, 1.807) is 24.3 Å². The van der Waals surface area contributed by atoms with Crippen LogP contribution in [0.15, 0.2) is 54.6 Å². The average Bonchev–Trinajstić information content (AvgIpc) is 2.68. The molecule has 2 amide bonds. The van der Waals surface area contributed by atoms with Gasteiger partial charge in [0.15, 0.2) is 0 Å². The number of ether oxygens (including phenoxy) is 1. The van der Waals surface area contributed by atoms with Crippen molar-refractivity contribution in [1.82, 2.24) is 0 Å². The summed E-state index contributed by atoms with van der Waals surface area (Å²) in [6, 6.07) is 16.4. The lowest BCUT2D eigenvalue weighted by Crippen LogP contribution is -2.29. The van der Waals surface area contributed by atoms with Crippen LogP contribution in [0.5, 0.6) is 5.75 Å². The van der Waals surface area contributed by atoms with Crippen LogP contribution in [0, 0.1) is 5.92 Å². The molecule has 0 fully saturated rings. The molecule has 2 aromatic rings. The Labute approximate surface area is 128 Å². The fourth-order valence-corrected chi connectivity index (χ4v) is 2.31. The molecular weight excluding hydrogens is 280 g/mol. The van der Waals surface area contributed by atoms with Gasteiger partial charge in [-0.05, 0) is 24.3 Å². The normalized spacial score (nSPS) is 16.7. The lowest BCUT2D eigenvalue weighted by molar-refractivity contribution is -0.125. The van der Waals surface area contributed by atoms with Crippen molar-refractivity contribution in [1.29, 1.82) is 0 Å². The SMILES string of the molecule is O=C(CC1COc2ccccc2NC1=O)Nc1ccccc1. The van der Waals surface area contributed by atoms with Crippen LogP contribution in [-0.4, -0.2) is 18.4 Å². The first-order valence-electron chi connectivity index (χ1n) is 7.10. The summed E-state index contributed by atoms with van der Waals surface area (Å²) in [6.07, 6.45) is 0.0781. The van der Waals surface area contributed by atoms with Crippen LogP contribution < -0.4 is 15.4 Å². The van der Waals surface area contributed by atoms with E-state index < -0.39 is 5.92 Å². The van der Waals surface area contributed by atoms with Gasteiger partial charge in [0.1, 0.15) is 12.4 Å². The molecule has 2 aromatic carbocycles. The largest absolute Gasteiger partial charge is 0.491 e. The van der Waals surface area contributed by atoms with E-state index in [4.69, 9.17) is 4.74 Å². The number of hydrogen-bond acceptors (Lipinski definition) is 3. The number of benzene rings is 2. The number of carbonyl (C=O) groups excluding carboxylic acids is 2. The van der Waals surface area contributed by atoms with Crippen LogP contribution in [0.2, 0.25) is 0 Å². The Morgan fingerprint density at radius 2 is 1.86 bits per heavy atom. The summed E-state index contributed by atoms with van der Waals surface area (Å²) in [5.74, 6) is -0.299. The Morgan fingerprint density at radius 1 is 1.14 bits per heavy atom. The first-order valence-corrected chi connectivity index (χ1v) is 7.10. The zero-order chi connectivity index (χ0) is 15.4. The third-order valence-electron chi connectivity index (χ3n) is 3.45. The van der Waals surface area contributed by atoms with Crippen LogP contribution in [0.1, 0.15) is 6.42 Å². The van der Waals surface area contributed by atoms with Crippen LogP contribution >= 0.6 is 0 Å². The Kier molecular flexibility index (Phi) is 4.05. The minimum Gasteiger partial charge on any atom is -0.491 e. The molecule has 1 aliphatic rings. The highest BCUT2D eigenvalue weighted by Crippen LogP contribution is 2.28. The van der Waals surface area contributed by atoms with E-state index in [9.17, 15) is 9.59 Å². The zero-order valence-corrected chi connectivity index (χ0v) is 11.9. The van der Waals surface area contributed by atoms with Crippen molar-refractivity contribution in [3.05, 3.63) is 54.6 Å². The first kappa shape index (κ1) is 14.1. The summed E-state index contributed by atoms with van der Waals surface area (Å²) in [7, 11) is 0. The molecule has 5 nitrogen and oxygen atoms in total. The quantitative estimate of drug-likeness (QED) is 0.915. The van der Waals surface area contributed by atoms with Crippen molar-refractivity contribution in [3.63, 3.8) is 0 Å². The van der Waals surface area contributed by atoms with Crippen LogP contribution in [-0.2, 0) is 9.59 Å². The monoisotopic (exact) mass is 296 g/mol. The molecule has 0 radical (unpaired) electrons. The van der Waals surface area contributed by atoms with Gasteiger partial charge in [-0.1, -0.05) is 30.3 Å². The molecule has 0 aliphatic carbocycles. The highest BCUT2D eigenvalue weighted by atomic mass is 16.5. The second kappa shape index (κ2) is 6.30. The topological polar surface area (TPSA) is 67.4 Å². The van der Waals surface area contributed by atoms with E-state index >= 15 is 0 Å². The van der Waals surface area contributed by atoms with Gasteiger partial charge in [0.2, 0.25) is 11.8 Å². The van der Waals surface area contributed by atoms with Gasteiger partial charge in [0, 0.05) is 12.1 Å². The first-order chi connectivity index (χ1) is 10.7. The summed E-state index contributed by atoms with van der Waals surface area (Å²) in [5.41, 5.74) is 1.35. The van der Waals surface area contributed by atoms with Gasteiger partial charge in [0.05, 0.1) is 11.6 Å². The van der Waals surface area contributed by atoms with Gasteiger partial charge in [-0.2, -0.15) is 0 Å². The number of hydrogen-bond donors (Lipinski definition) is 2. The molecule has 22 heavy (non-hydrogen) atoms. The minimum absolute atomic E-state index is 0.0781. The van der Waals surface area contributed by atoms with E-state index in [2.05, 4.69) is 10.6 Å². The molecule has 2 N–H and O–H groups in total. The Bertz CT molecular complexity index is 685. The number of anilines is 2. The van der Waals surface area contributed by atoms with Gasteiger partial charge < -0.3 is 15.4 Å². The fraction of sp³-hybridized carbons (Fsp3) is 0.176. The van der Waals surface area contributed by atoms with Crippen molar-refractivity contribution in [2.24, 2.45) is 5.92 Å². The second-order valence-corrected chi connectivity index (χ2v) is 5.11. The highest BCUT2D eigenvalue weighted by Gasteiger charge is 2.26. The Balaban J connectivity index is 1.64. The summed E-state index contributed by atoms with van der Waals surface area (Å²) >= 11 is 0. The van der Waals surface area contributed by atoms with Gasteiger partial charge in [-0.15, -0.1) is 0 Å². The molecule has 0 aromatic heterocycles. The molecule has 0 saturated carbocycles. The molecule has 0 spiro atoms. The predicted molar refractivity (Wildman–Crippen MR) is 83.7 cm³/mol. The lowest BCUT2D eigenvalue weighted by Gasteiger charge is -2.12. The van der Waals surface area contributed by atoms with Gasteiger partial charge in [-0.25, -0.2) is 0 Å². The van der Waals surface area contributed by atoms with Crippen molar-refractivity contribution in [2.75, 3.05) is 17.2 Å². The molecule has 5 heteroatoms.